The molecule has 0 atom stereocenters. The molecule has 4 heteroatoms. The Hall–Kier alpha value is -2.54. The van der Waals surface area contributed by atoms with E-state index in [1.807, 2.05) is 38.1 Å². The molecule has 0 aliphatic heterocycles. The summed E-state index contributed by atoms with van der Waals surface area (Å²) >= 11 is 0. The van der Waals surface area contributed by atoms with Gasteiger partial charge < -0.3 is 10.6 Å². The molecule has 0 aliphatic rings. The molecule has 2 N–H and O–H groups in total. The number of amides is 1. The van der Waals surface area contributed by atoms with Crippen molar-refractivity contribution in [2.75, 3.05) is 11.9 Å². The van der Waals surface area contributed by atoms with E-state index < -0.39 is 5.91 Å². The lowest BCUT2D eigenvalue weighted by atomic mass is 10.0. The van der Waals surface area contributed by atoms with Gasteiger partial charge >= 0.3 is 0 Å². The number of aryl methyl sites for hydroxylation is 2. The summed E-state index contributed by atoms with van der Waals surface area (Å²) < 4.78 is 0. The van der Waals surface area contributed by atoms with Crippen molar-refractivity contribution in [1.82, 2.24) is 5.32 Å². The second-order valence-electron chi connectivity index (χ2n) is 4.48. The summed E-state index contributed by atoms with van der Waals surface area (Å²) in [5.74, 6) is -0.398. The van der Waals surface area contributed by atoms with Crippen molar-refractivity contribution in [3.8, 4) is 6.07 Å². The molecule has 21 heavy (non-hydrogen) atoms. The number of nitriles is 1. The predicted molar refractivity (Wildman–Crippen MR) is 85.7 cm³/mol. The fourth-order valence-electron chi connectivity index (χ4n) is 1.98. The van der Waals surface area contributed by atoms with Crippen molar-refractivity contribution >= 4 is 11.6 Å². The second-order valence-corrected chi connectivity index (χ2v) is 4.48. The smallest absolute Gasteiger partial charge is 0.267 e. The highest BCUT2D eigenvalue weighted by molar-refractivity contribution is 6.07. The molecule has 1 aromatic rings. The number of benzene rings is 1. The maximum atomic E-state index is 12.2. The van der Waals surface area contributed by atoms with E-state index in [4.69, 9.17) is 5.26 Å². The number of para-hydroxylation sites is 1. The average molecular weight is 283 g/mol. The van der Waals surface area contributed by atoms with Crippen LogP contribution in [0, 0.1) is 11.3 Å². The Bertz CT molecular complexity index is 560. The minimum Gasteiger partial charge on any atom is -0.386 e. The Morgan fingerprint density at radius 2 is 1.95 bits per heavy atom. The third-order valence-electron chi connectivity index (χ3n) is 3.11. The van der Waals surface area contributed by atoms with Crippen LogP contribution < -0.4 is 10.6 Å². The fraction of sp³-hybridized carbons (Fsp3) is 0.294. The molecule has 0 bridgehead atoms. The van der Waals surface area contributed by atoms with E-state index in [9.17, 15) is 4.79 Å². The number of carbonyl (C=O) groups excluding carboxylic acids is 1. The summed E-state index contributed by atoms with van der Waals surface area (Å²) in [6.45, 7) is 8.15. The van der Waals surface area contributed by atoms with Gasteiger partial charge in [0.25, 0.3) is 5.91 Å². The molecule has 0 unspecified atom stereocenters. The molecular weight excluding hydrogens is 262 g/mol. The highest BCUT2D eigenvalue weighted by atomic mass is 16.1. The molecule has 110 valence electrons. The van der Waals surface area contributed by atoms with Crippen molar-refractivity contribution < 1.29 is 4.79 Å². The molecule has 1 aromatic carbocycles. The van der Waals surface area contributed by atoms with E-state index in [0.717, 1.165) is 29.7 Å². The second kappa shape index (κ2) is 8.60. The Kier molecular flexibility index (Phi) is 6.76. The lowest BCUT2D eigenvalue weighted by Gasteiger charge is -2.14. The first-order valence-corrected chi connectivity index (χ1v) is 7.04. The SMILES string of the molecule is C=CCN/C=C(/C#N)C(=O)Nc1c(CC)cccc1CC. The standard InChI is InChI=1S/C17H21N3O/c1-4-10-19-12-15(11-18)17(21)20-16-13(5-2)8-7-9-14(16)6-3/h4,7-9,12,19H,1,5-6,10H2,2-3H3,(H,20,21)/b15-12-. The zero-order valence-electron chi connectivity index (χ0n) is 12.6. The van der Waals surface area contributed by atoms with E-state index in [1.165, 1.54) is 6.20 Å². The molecule has 0 fully saturated rings. The highest BCUT2D eigenvalue weighted by Gasteiger charge is 2.13. The number of anilines is 1. The molecule has 0 heterocycles. The number of nitrogens with one attached hydrogen (secondary N) is 2. The van der Waals surface area contributed by atoms with Crippen LogP contribution in [0.4, 0.5) is 5.69 Å². The highest BCUT2D eigenvalue weighted by Crippen LogP contribution is 2.23. The third-order valence-corrected chi connectivity index (χ3v) is 3.11. The molecule has 0 aromatic heterocycles. The number of hydrogen-bond acceptors (Lipinski definition) is 3. The molecule has 4 nitrogen and oxygen atoms in total. The average Bonchev–Trinajstić information content (AvgIpc) is 2.51. The van der Waals surface area contributed by atoms with Gasteiger partial charge in [0.05, 0.1) is 0 Å². The summed E-state index contributed by atoms with van der Waals surface area (Å²) in [6.07, 6.45) is 4.72. The van der Waals surface area contributed by atoms with Crippen molar-refractivity contribution in [1.29, 1.82) is 5.26 Å². The van der Waals surface area contributed by atoms with Crippen LogP contribution in [0.25, 0.3) is 0 Å². The molecule has 1 amide bonds. The van der Waals surface area contributed by atoms with Gasteiger partial charge in [-0.25, -0.2) is 0 Å². The minimum atomic E-state index is -0.398. The third kappa shape index (κ3) is 4.50. The zero-order valence-corrected chi connectivity index (χ0v) is 12.6. The first-order chi connectivity index (χ1) is 10.2. The number of carbonyl (C=O) groups is 1. The molecule has 0 aliphatic carbocycles. The quantitative estimate of drug-likeness (QED) is 0.350. The lowest BCUT2D eigenvalue weighted by Crippen LogP contribution is -2.18. The summed E-state index contributed by atoms with van der Waals surface area (Å²) in [4.78, 5) is 12.2. The van der Waals surface area contributed by atoms with E-state index in [0.29, 0.717) is 6.54 Å². The number of rotatable bonds is 7. The summed E-state index contributed by atoms with van der Waals surface area (Å²) in [5, 5.41) is 14.8. The van der Waals surface area contributed by atoms with Crippen molar-refractivity contribution in [2.45, 2.75) is 26.7 Å². The minimum absolute atomic E-state index is 0.0461. The van der Waals surface area contributed by atoms with E-state index in [2.05, 4.69) is 17.2 Å². The van der Waals surface area contributed by atoms with Gasteiger partial charge in [-0.2, -0.15) is 5.26 Å². The van der Waals surface area contributed by atoms with Crippen molar-refractivity contribution in [2.24, 2.45) is 0 Å². The van der Waals surface area contributed by atoms with Gasteiger partial charge in [0.15, 0.2) is 0 Å². The summed E-state index contributed by atoms with van der Waals surface area (Å²) in [6, 6.07) is 7.87. The van der Waals surface area contributed by atoms with Gasteiger partial charge in [-0.3, -0.25) is 4.79 Å². The maximum Gasteiger partial charge on any atom is 0.267 e. The predicted octanol–water partition coefficient (Wildman–Crippen LogP) is 2.93. The molecule has 0 saturated heterocycles. The van der Waals surface area contributed by atoms with Crippen LogP contribution >= 0.6 is 0 Å². The van der Waals surface area contributed by atoms with Gasteiger partial charge in [-0.15, -0.1) is 6.58 Å². The van der Waals surface area contributed by atoms with Crippen LogP contribution in [0.5, 0.6) is 0 Å². The molecule has 1 rings (SSSR count). The van der Waals surface area contributed by atoms with Crippen LogP contribution in [0.2, 0.25) is 0 Å². The van der Waals surface area contributed by atoms with Gasteiger partial charge in [-0.05, 0) is 24.0 Å². The van der Waals surface area contributed by atoms with Crippen LogP contribution in [-0.2, 0) is 17.6 Å². The van der Waals surface area contributed by atoms with E-state index in [-0.39, 0.29) is 5.57 Å². The summed E-state index contributed by atoms with van der Waals surface area (Å²) in [5.41, 5.74) is 3.00. The zero-order chi connectivity index (χ0) is 15.7. The maximum absolute atomic E-state index is 12.2. The van der Waals surface area contributed by atoms with Crippen LogP contribution in [0.1, 0.15) is 25.0 Å². The number of nitrogens with zero attached hydrogens (tertiary/aromatic N) is 1. The molecule has 0 saturated carbocycles. The van der Waals surface area contributed by atoms with Gasteiger partial charge in [0, 0.05) is 18.4 Å². The van der Waals surface area contributed by atoms with Gasteiger partial charge in [0.1, 0.15) is 11.6 Å². The van der Waals surface area contributed by atoms with E-state index >= 15 is 0 Å². The van der Waals surface area contributed by atoms with Crippen molar-refractivity contribution in [3.05, 3.63) is 53.8 Å². The van der Waals surface area contributed by atoms with Gasteiger partial charge in [-0.1, -0.05) is 38.1 Å². The monoisotopic (exact) mass is 283 g/mol. The Labute approximate surface area is 126 Å². The molecular formula is C17H21N3O. The van der Waals surface area contributed by atoms with Crippen LogP contribution in [-0.4, -0.2) is 12.5 Å². The van der Waals surface area contributed by atoms with E-state index in [1.54, 1.807) is 6.08 Å². The topological polar surface area (TPSA) is 64.9 Å². The van der Waals surface area contributed by atoms with Gasteiger partial charge in [0.2, 0.25) is 0 Å². The number of hydrogen-bond donors (Lipinski definition) is 2. The first kappa shape index (κ1) is 16.5. The fourth-order valence-corrected chi connectivity index (χ4v) is 1.98. The largest absolute Gasteiger partial charge is 0.386 e. The molecule has 0 spiro atoms. The lowest BCUT2D eigenvalue weighted by molar-refractivity contribution is -0.112. The Morgan fingerprint density at radius 1 is 1.33 bits per heavy atom. The Morgan fingerprint density at radius 3 is 2.43 bits per heavy atom. The normalized spacial score (nSPS) is 10.6. The molecule has 0 radical (unpaired) electrons. The first-order valence-electron chi connectivity index (χ1n) is 7.04. The van der Waals surface area contributed by atoms with Crippen LogP contribution in [0.15, 0.2) is 42.6 Å². The van der Waals surface area contributed by atoms with Crippen LogP contribution in [0.3, 0.4) is 0 Å². The Balaban J connectivity index is 2.99. The van der Waals surface area contributed by atoms with Crippen molar-refractivity contribution in [3.63, 3.8) is 0 Å². The summed E-state index contributed by atoms with van der Waals surface area (Å²) in [7, 11) is 0.